The van der Waals surface area contributed by atoms with Crippen LogP contribution in [-0.2, 0) is 4.79 Å². The fourth-order valence-electron chi connectivity index (χ4n) is 2.04. The molecule has 0 aliphatic rings. The maximum Gasteiger partial charge on any atom is 0.260 e. The van der Waals surface area contributed by atoms with Crippen LogP contribution in [0.15, 0.2) is 12.1 Å². The van der Waals surface area contributed by atoms with Crippen LogP contribution in [0.2, 0.25) is 0 Å². The third-order valence-electron chi connectivity index (χ3n) is 3.24. The van der Waals surface area contributed by atoms with Gasteiger partial charge in [-0.25, -0.2) is 0 Å². The highest BCUT2D eigenvalue weighted by Gasteiger charge is 2.17. The maximum atomic E-state index is 11.9. The second-order valence-corrected chi connectivity index (χ2v) is 5.65. The van der Waals surface area contributed by atoms with E-state index in [0.29, 0.717) is 17.3 Å². The Kier molecular flexibility index (Phi) is 6.62. The number of nitrogens with one attached hydrogen (secondary N) is 1. The van der Waals surface area contributed by atoms with E-state index in [-0.39, 0.29) is 5.91 Å². The third kappa shape index (κ3) is 5.01. The van der Waals surface area contributed by atoms with Crippen molar-refractivity contribution in [1.29, 1.82) is 0 Å². The Bertz CT molecular complexity index is 506. The molecule has 0 saturated heterocycles. The van der Waals surface area contributed by atoms with Crippen molar-refractivity contribution in [2.24, 2.45) is 5.73 Å². The highest BCUT2D eigenvalue weighted by atomic mass is 32.1. The summed E-state index contributed by atoms with van der Waals surface area (Å²) in [6, 6.07) is 3.76. The van der Waals surface area contributed by atoms with Gasteiger partial charge in [0.25, 0.3) is 5.91 Å². The maximum absolute atomic E-state index is 11.9. The number of hydrogen-bond acceptors (Lipinski definition) is 3. The van der Waals surface area contributed by atoms with E-state index in [1.54, 1.807) is 6.92 Å². The molecule has 1 rings (SSSR count). The smallest absolute Gasteiger partial charge is 0.260 e. The molecule has 0 heterocycles. The Morgan fingerprint density at radius 2 is 1.95 bits per heavy atom. The van der Waals surface area contributed by atoms with Crippen LogP contribution >= 0.6 is 12.2 Å². The van der Waals surface area contributed by atoms with Crippen molar-refractivity contribution in [2.45, 2.75) is 46.6 Å². The topological polar surface area (TPSA) is 64.3 Å². The Balaban J connectivity index is 2.78. The second-order valence-electron chi connectivity index (χ2n) is 5.21. The van der Waals surface area contributed by atoms with Crippen molar-refractivity contribution in [2.75, 3.05) is 6.54 Å². The van der Waals surface area contributed by atoms with E-state index < -0.39 is 6.10 Å². The van der Waals surface area contributed by atoms with Crippen LogP contribution in [0.25, 0.3) is 0 Å². The quantitative estimate of drug-likeness (QED) is 0.600. The van der Waals surface area contributed by atoms with E-state index in [9.17, 15) is 4.79 Å². The molecule has 1 aromatic carbocycles. The summed E-state index contributed by atoms with van der Waals surface area (Å²) >= 11 is 4.99. The van der Waals surface area contributed by atoms with Gasteiger partial charge in [-0.15, -0.1) is 0 Å². The van der Waals surface area contributed by atoms with Crippen LogP contribution in [0, 0.1) is 13.8 Å². The summed E-state index contributed by atoms with van der Waals surface area (Å²) in [7, 11) is 0. The van der Waals surface area contributed by atoms with Crippen molar-refractivity contribution in [3.05, 3.63) is 28.8 Å². The van der Waals surface area contributed by atoms with Gasteiger partial charge in [-0.1, -0.05) is 25.6 Å². The number of carbonyl (C=O) groups is 1. The summed E-state index contributed by atoms with van der Waals surface area (Å²) in [5.74, 6) is 0.619. The number of thiocarbonyl (C=S) groups is 1. The molecular weight excluding hydrogens is 284 g/mol. The van der Waals surface area contributed by atoms with Crippen LogP contribution in [0.3, 0.4) is 0 Å². The summed E-state index contributed by atoms with van der Waals surface area (Å²) in [6.45, 7) is 8.36. The Morgan fingerprint density at radius 1 is 1.38 bits per heavy atom. The highest BCUT2D eigenvalue weighted by Crippen LogP contribution is 2.26. The molecule has 3 N–H and O–H groups in total. The van der Waals surface area contributed by atoms with Gasteiger partial charge < -0.3 is 15.8 Å². The normalized spacial score (nSPS) is 11.8. The minimum atomic E-state index is -0.532. The van der Waals surface area contributed by atoms with E-state index in [1.807, 2.05) is 26.0 Å². The van der Waals surface area contributed by atoms with Gasteiger partial charge in [0.15, 0.2) is 6.10 Å². The fourth-order valence-corrected chi connectivity index (χ4v) is 2.16. The molecule has 21 heavy (non-hydrogen) atoms. The molecule has 0 aromatic heterocycles. The van der Waals surface area contributed by atoms with Gasteiger partial charge in [-0.2, -0.15) is 0 Å². The second kappa shape index (κ2) is 7.98. The number of rotatable bonds is 7. The minimum absolute atomic E-state index is 0.0966. The summed E-state index contributed by atoms with van der Waals surface area (Å²) in [6.07, 6.45) is 1.49. The molecule has 0 spiro atoms. The van der Waals surface area contributed by atoms with Gasteiger partial charge in [-0.3, -0.25) is 4.79 Å². The summed E-state index contributed by atoms with van der Waals surface area (Å²) in [5.41, 5.74) is 8.30. The first-order valence-corrected chi connectivity index (χ1v) is 7.63. The van der Waals surface area contributed by atoms with Gasteiger partial charge in [0.1, 0.15) is 10.7 Å². The lowest BCUT2D eigenvalue weighted by atomic mass is 10.1. The Labute approximate surface area is 132 Å². The lowest BCUT2D eigenvalue weighted by Crippen LogP contribution is -2.37. The number of nitrogens with two attached hydrogens (primary N) is 1. The molecule has 0 bridgehead atoms. The first-order chi connectivity index (χ1) is 9.86. The van der Waals surface area contributed by atoms with Crippen LogP contribution in [-0.4, -0.2) is 23.5 Å². The van der Waals surface area contributed by atoms with Gasteiger partial charge >= 0.3 is 0 Å². The van der Waals surface area contributed by atoms with Gasteiger partial charge in [0, 0.05) is 12.1 Å². The van der Waals surface area contributed by atoms with E-state index in [1.165, 1.54) is 0 Å². The van der Waals surface area contributed by atoms with E-state index in [4.69, 9.17) is 22.7 Å². The monoisotopic (exact) mass is 308 g/mol. The largest absolute Gasteiger partial charge is 0.480 e. The van der Waals surface area contributed by atoms with Gasteiger partial charge in [-0.05, 0) is 50.5 Å². The SMILES string of the molecule is CCCCNC(=O)C(C)Oc1c(C)cc(C(N)=S)cc1C. The van der Waals surface area contributed by atoms with E-state index >= 15 is 0 Å². The number of hydrogen-bond donors (Lipinski definition) is 2. The molecule has 1 aromatic rings. The van der Waals surface area contributed by atoms with Crippen molar-refractivity contribution >= 4 is 23.1 Å². The number of carbonyl (C=O) groups excluding carboxylic acids is 1. The molecule has 5 heteroatoms. The van der Waals surface area contributed by atoms with Gasteiger partial charge in [0.2, 0.25) is 0 Å². The molecule has 4 nitrogen and oxygen atoms in total. The summed E-state index contributed by atoms with van der Waals surface area (Å²) in [4.78, 5) is 12.3. The highest BCUT2D eigenvalue weighted by molar-refractivity contribution is 7.80. The predicted molar refractivity (Wildman–Crippen MR) is 89.8 cm³/mol. The lowest BCUT2D eigenvalue weighted by Gasteiger charge is -2.18. The number of benzene rings is 1. The zero-order valence-electron chi connectivity index (χ0n) is 13.2. The van der Waals surface area contributed by atoms with Crippen LogP contribution in [0.1, 0.15) is 43.4 Å². The third-order valence-corrected chi connectivity index (χ3v) is 3.47. The molecule has 1 amide bonds. The predicted octanol–water partition coefficient (Wildman–Crippen LogP) is 2.62. The first kappa shape index (κ1) is 17.4. The Hall–Kier alpha value is -1.62. The summed E-state index contributed by atoms with van der Waals surface area (Å²) in [5, 5.41) is 2.87. The van der Waals surface area contributed by atoms with E-state index in [0.717, 1.165) is 29.5 Å². The summed E-state index contributed by atoms with van der Waals surface area (Å²) < 4.78 is 5.81. The zero-order chi connectivity index (χ0) is 16.0. The van der Waals surface area contributed by atoms with Crippen LogP contribution in [0.4, 0.5) is 0 Å². The first-order valence-electron chi connectivity index (χ1n) is 7.22. The molecule has 1 unspecified atom stereocenters. The minimum Gasteiger partial charge on any atom is -0.480 e. The number of unbranched alkanes of at least 4 members (excludes halogenated alkanes) is 1. The zero-order valence-corrected chi connectivity index (χ0v) is 14.0. The van der Waals surface area contributed by atoms with Crippen molar-refractivity contribution in [1.82, 2.24) is 5.32 Å². The van der Waals surface area contributed by atoms with Crippen LogP contribution < -0.4 is 15.8 Å². The fraction of sp³-hybridized carbons (Fsp3) is 0.500. The van der Waals surface area contributed by atoms with Crippen molar-refractivity contribution in [3.8, 4) is 5.75 Å². The van der Waals surface area contributed by atoms with Crippen molar-refractivity contribution < 1.29 is 9.53 Å². The van der Waals surface area contributed by atoms with Crippen molar-refractivity contribution in [3.63, 3.8) is 0 Å². The Morgan fingerprint density at radius 3 is 2.43 bits per heavy atom. The molecule has 1 atom stereocenters. The molecule has 116 valence electrons. The molecule has 0 saturated carbocycles. The standard InChI is InChI=1S/C16H24N2O2S/c1-5-6-7-18-16(19)12(4)20-14-10(2)8-13(15(17)21)9-11(14)3/h8-9,12H,5-7H2,1-4H3,(H2,17,21)(H,18,19). The molecular formula is C16H24N2O2S. The van der Waals surface area contributed by atoms with Gasteiger partial charge in [0.05, 0.1) is 0 Å². The number of aryl methyl sites for hydroxylation is 2. The number of amides is 1. The van der Waals surface area contributed by atoms with E-state index in [2.05, 4.69) is 12.2 Å². The van der Waals surface area contributed by atoms with Crippen LogP contribution in [0.5, 0.6) is 5.75 Å². The molecule has 0 radical (unpaired) electrons. The molecule has 0 fully saturated rings. The average molecular weight is 308 g/mol. The lowest BCUT2D eigenvalue weighted by molar-refractivity contribution is -0.127. The molecule has 0 aliphatic carbocycles. The average Bonchev–Trinajstić information content (AvgIpc) is 2.42. The number of ether oxygens (including phenoxy) is 1. The molecule has 0 aliphatic heterocycles.